The van der Waals surface area contributed by atoms with Gasteiger partial charge in [0.15, 0.2) is 0 Å². The summed E-state index contributed by atoms with van der Waals surface area (Å²) in [5, 5.41) is 3.51. The Hall–Kier alpha value is -0.0800. The van der Waals surface area contributed by atoms with Crippen LogP contribution in [-0.4, -0.2) is 38.1 Å². The monoisotopic (exact) mass is 236 g/mol. The Morgan fingerprint density at radius 2 is 1.76 bits per heavy atom. The summed E-state index contributed by atoms with van der Waals surface area (Å²) < 4.78 is 0. The highest BCUT2D eigenvalue weighted by Gasteiger charge is 2.42. The van der Waals surface area contributed by atoms with Gasteiger partial charge < -0.3 is 10.2 Å². The van der Waals surface area contributed by atoms with Crippen LogP contribution in [-0.2, 0) is 0 Å². The second-order valence-electron chi connectivity index (χ2n) is 6.96. The molecule has 98 valence electrons. The average Bonchev–Trinajstić information content (AvgIpc) is 2.77. The molecule has 0 aromatic heterocycles. The van der Waals surface area contributed by atoms with Crippen LogP contribution in [0.4, 0.5) is 0 Å². The van der Waals surface area contributed by atoms with Crippen LogP contribution in [0.1, 0.15) is 44.9 Å². The predicted molar refractivity (Wildman–Crippen MR) is 72.1 cm³/mol. The minimum absolute atomic E-state index is 0.725. The van der Waals surface area contributed by atoms with Crippen LogP contribution >= 0.6 is 0 Å². The summed E-state index contributed by atoms with van der Waals surface area (Å²) in [4.78, 5) is 2.64. The minimum atomic E-state index is 0.725. The van der Waals surface area contributed by atoms with Gasteiger partial charge in [-0.1, -0.05) is 12.8 Å². The fraction of sp³-hybridized carbons (Fsp3) is 1.00. The molecule has 1 aliphatic carbocycles. The van der Waals surface area contributed by atoms with Crippen LogP contribution in [0.5, 0.6) is 0 Å². The highest BCUT2D eigenvalue weighted by molar-refractivity contribution is 4.95. The first kappa shape index (κ1) is 12.0. The first-order chi connectivity index (χ1) is 8.27. The van der Waals surface area contributed by atoms with E-state index in [1.165, 1.54) is 64.7 Å². The zero-order chi connectivity index (χ0) is 11.7. The maximum Gasteiger partial charge on any atom is 0.00351 e. The van der Waals surface area contributed by atoms with E-state index in [4.69, 9.17) is 0 Å². The van der Waals surface area contributed by atoms with Gasteiger partial charge in [0.25, 0.3) is 0 Å². The molecule has 3 rings (SSSR count). The zero-order valence-corrected chi connectivity index (χ0v) is 11.4. The second kappa shape index (κ2) is 4.89. The quantitative estimate of drug-likeness (QED) is 0.752. The van der Waals surface area contributed by atoms with Crippen molar-refractivity contribution in [1.29, 1.82) is 0 Å². The van der Waals surface area contributed by atoms with Crippen molar-refractivity contribution >= 4 is 0 Å². The van der Waals surface area contributed by atoms with Crippen molar-refractivity contribution in [1.82, 2.24) is 10.2 Å². The Morgan fingerprint density at radius 3 is 2.47 bits per heavy atom. The Morgan fingerprint density at radius 1 is 1.06 bits per heavy atom. The normalized spacial score (nSPS) is 35.5. The Balaban J connectivity index is 1.67. The van der Waals surface area contributed by atoms with Gasteiger partial charge in [0.05, 0.1) is 0 Å². The van der Waals surface area contributed by atoms with Gasteiger partial charge in [-0.05, 0) is 69.5 Å². The van der Waals surface area contributed by atoms with Gasteiger partial charge >= 0.3 is 0 Å². The van der Waals surface area contributed by atoms with Crippen molar-refractivity contribution in [3.05, 3.63) is 0 Å². The molecule has 0 bridgehead atoms. The van der Waals surface area contributed by atoms with E-state index in [2.05, 4.69) is 17.3 Å². The molecule has 2 saturated heterocycles. The molecule has 1 unspecified atom stereocenters. The number of hydrogen-bond donors (Lipinski definition) is 1. The lowest BCUT2D eigenvalue weighted by atomic mass is 9.69. The lowest BCUT2D eigenvalue weighted by Crippen LogP contribution is -2.47. The maximum absolute atomic E-state index is 3.51. The Kier molecular flexibility index (Phi) is 3.45. The Bertz CT molecular complexity index is 252. The van der Waals surface area contributed by atoms with Crippen molar-refractivity contribution < 1.29 is 0 Å². The van der Waals surface area contributed by atoms with E-state index in [1.807, 2.05) is 0 Å². The average molecular weight is 236 g/mol. The van der Waals surface area contributed by atoms with Crippen LogP contribution in [0, 0.1) is 17.3 Å². The molecule has 3 fully saturated rings. The third-order valence-electron chi connectivity index (χ3n) is 5.56. The summed E-state index contributed by atoms with van der Waals surface area (Å²) in [5.41, 5.74) is 0.725. The van der Waals surface area contributed by atoms with Gasteiger partial charge in [-0.2, -0.15) is 0 Å². The number of rotatable bonds is 1. The summed E-state index contributed by atoms with van der Waals surface area (Å²) in [6, 6.07) is 0. The highest BCUT2D eigenvalue weighted by Crippen LogP contribution is 2.48. The number of nitrogens with one attached hydrogen (secondary N) is 1. The fourth-order valence-corrected chi connectivity index (χ4v) is 4.84. The molecule has 2 aliphatic heterocycles. The molecule has 1 spiro atoms. The van der Waals surface area contributed by atoms with E-state index in [9.17, 15) is 0 Å². The predicted octanol–water partition coefficient (Wildman–Crippen LogP) is 2.50. The molecule has 0 aromatic rings. The van der Waals surface area contributed by atoms with Crippen molar-refractivity contribution in [3.8, 4) is 0 Å². The smallest absolute Gasteiger partial charge is 0.00351 e. The summed E-state index contributed by atoms with van der Waals surface area (Å²) in [6.07, 6.45) is 10.4. The minimum Gasteiger partial charge on any atom is -0.317 e. The van der Waals surface area contributed by atoms with Crippen molar-refractivity contribution in [2.75, 3.05) is 33.2 Å². The first-order valence-corrected chi connectivity index (χ1v) is 7.67. The molecule has 0 radical (unpaired) electrons. The molecule has 2 heteroatoms. The van der Waals surface area contributed by atoms with Crippen LogP contribution in [0.2, 0.25) is 0 Å². The largest absolute Gasteiger partial charge is 0.317 e. The number of hydrogen-bond acceptors (Lipinski definition) is 2. The van der Waals surface area contributed by atoms with Gasteiger partial charge in [-0.25, -0.2) is 0 Å². The molecule has 1 saturated carbocycles. The third kappa shape index (κ3) is 2.53. The molecule has 2 heterocycles. The van der Waals surface area contributed by atoms with E-state index in [-0.39, 0.29) is 0 Å². The number of piperidine rings is 2. The molecule has 17 heavy (non-hydrogen) atoms. The lowest BCUT2D eigenvalue weighted by molar-refractivity contribution is 0.0356. The molecular formula is C15H28N2. The standard InChI is InChI=1S/C15H28N2/c1-17-11-14(13-4-8-16-9-5-13)10-15(12-17)6-2-3-7-15/h13-14,16H,2-12H2,1H3. The molecule has 2 nitrogen and oxygen atoms in total. The topological polar surface area (TPSA) is 15.3 Å². The van der Waals surface area contributed by atoms with Crippen LogP contribution in [0.15, 0.2) is 0 Å². The van der Waals surface area contributed by atoms with E-state index >= 15 is 0 Å². The molecule has 1 N–H and O–H groups in total. The Labute approximate surface area is 106 Å². The second-order valence-corrected chi connectivity index (χ2v) is 6.96. The van der Waals surface area contributed by atoms with Gasteiger partial charge in [0, 0.05) is 13.1 Å². The summed E-state index contributed by atoms with van der Waals surface area (Å²) >= 11 is 0. The maximum atomic E-state index is 3.51. The number of likely N-dealkylation sites (tertiary alicyclic amines) is 1. The molecule has 1 atom stereocenters. The zero-order valence-electron chi connectivity index (χ0n) is 11.4. The SMILES string of the molecule is CN1CC(C2CCNCC2)CC2(CCCC2)C1. The van der Waals surface area contributed by atoms with Crippen LogP contribution in [0.3, 0.4) is 0 Å². The molecule has 0 amide bonds. The summed E-state index contributed by atoms with van der Waals surface area (Å²) in [6.45, 7) is 5.27. The molecular weight excluding hydrogens is 208 g/mol. The van der Waals surface area contributed by atoms with E-state index in [0.717, 1.165) is 17.3 Å². The summed E-state index contributed by atoms with van der Waals surface area (Å²) in [7, 11) is 2.35. The summed E-state index contributed by atoms with van der Waals surface area (Å²) in [5.74, 6) is 2.01. The van der Waals surface area contributed by atoms with Gasteiger partial charge in [-0.15, -0.1) is 0 Å². The van der Waals surface area contributed by atoms with Gasteiger partial charge in [-0.3, -0.25) is 0 Å². The number of nitrogens with zero attached hydrogens (tertiary/aromatic N) is 1. The van der Waals surface area contributed by atoms with Crippen LogP contribution in [0.25, 0.3) is 0 Å². The van der Waals surface area contributed by atoms with Crippen molar-refractivity contribution in [2.45, 2.75) is 44.9 Å². The first-order valence-electron chi connectivity index (χ1n) is 7.67. The lowest BCUT2D eigenvalue weighted by Gasteiger charge is -2.46. The van der Waals surface area contributed by atoms with Gasteiger partial charge in [0.2, 0.25) is 0 Å². The third-order valence-corrected chi connectivity index (χ3v) is 5.56. The highest BCUT2D eigenvalue weighted by atomic mass is 15.1. The van der Waals surface area contributed by atoms with E-state index in [1.54, 1.807) is 6.42 Å². The molecule has 0 aromatic carbocycles. The molecule has 3 aliphatic rings. The van der Waals surface area contributed by atoms with Crippen molar-refractivity contribution in [3.63, 3.8) is 0 Å². The van der Waals surface area contributed by atoms with E-state index < -0.39 is 0 Å². The van der Waals surface area contributed by atoms with Gasteiger partial charge in [0.1, 0.15) is 0 Å². The van der Waals surface area contributed by atoms with Crippen LogP contribution < -0.4 is 5.32 Å². The van der Waals surface area contributed by atoms with Crippen molar-refractivity contribution in [2.24, 2.45) is 17.3 Å². The van der Waals surface area contributed by atoms with E-state index in [0.29, 0.717) is 0 Å². The fourth-order valence-electron chi connectivity index (χ4n) is 4.84.